The second-order valence-electron chi connectivity index (χ2n) is 2.27. The van der Waals surface area contributed by atoms with E-state index < -0.39 is 5.60 Å². The highest BCUT2D eigenvalue weighted by molar-refractivity contribution is 4.88. The number of hydrogen-bond donors (Lipinski definition) is 1. The molecule has 1 atom stereocenters. The van der Waals surface area contributed by atoms with Crippen LogP contribution in [0.3, 0.4) is 0 Å². The maximum atomic E-state index is 9.14. The Morgan fingerprint density at radius 3 is 2.38 bits per heavy atom. The van der Waals surface area contributed by atoms with Crippen molar-refractivity contribution in [1.82, 2.24) is 0 Å². The van der Waals surface area contributed by atoms with Crippen LogP contribution in [0.2, 0.25) is 0 Å². The van der Waals surface area contributed by atoms with Gasteiger partial charge in [0.1, 0.15) is 0 Å². The zero-order chi connectivity index (χ0) is 6.62. The fourth-order valence-corrected chi connectivity index (χ4v) is 0.589. The third-order valence-electron chi connectivity index (χ3n) is 1.12. The van der Waals surface area contributed by atoms with Gasteiger partial charge in [-0.1, -0.05) is 26.0 Å². The lowest BCUT2D eigenvalue weighted by Gasteiger charge is -2.15. The Labute approximate surface area is 51.0 Å². The molecule has 0 rings (SSSR count). The van der Waals surface area contributed by atoms with Gasteiger partial charge in [-0.3, -0.25) is 0 Å². The Morgan fingerprint density at radius 1 is 1.75 bits per heavy atom. The summed E-state index contributed by atoms with van der Waals surface area (Å²) in [4.78, 5) is 0. The smallest absolute Gasteiger partial charge is 0.0802 e. The highest BCUT2D eigenvalue weighted by Gasteiger charge is 2.11. The molecule has 0 amide bonds. The van der Waals surface area contributed by atoms with E-state index in [0.29, 0.717) is 0 Å². The first kappa shape index (κ1) is 7.70. The third kappa shape index (κ3) is 2.80. The van der Waals surface area contributed by atoms with Crippen LogP contribution in [0.15, 0.2) is 6.08 Å². The molecule has 0 saturated carbocycles. The van der Waals surface area contributed by atoms with Crippen LogP contribution in [0.5, 0.6) is 0 Å². The lowest BCUT2D eigenvalue weighted by molar-refractivity contribution is 0.101. The first-order valence-corrected chi connectivity index (χ1v) is 2.91. The van der Waals surface area contributed by atoms with Crippen LogP contribution in [0.25, 0.3) is 0 Å². The molecule has 0 aromatic rings. The molecule has 0 spiro atoms. The summed E-state index contributed by atoms with van der Waals surface area (Å²) in [6.07, 6.45) is 3.03. The van der Waals surface area contributed by atoms with E-state index >= 15 is 0 Å². The summed E-state index contributed by atoms with van der Waals surface area (Å²) >= 11 is 0. The molecule has 8 heavy (non-hydrogen) atoms. The Bertz CT molecular complexity index is 74.5. The van der Waals surface area contributed by atoms with Crippen LogP contribution in [-0.2, 0) is 0 Å². The zero-order valence-corrected chi connectivity index (χ0v) is 5.52. The van der Waals surface area contributed by atoms with Crippen LogP contribution in [0.1, 0.15) is 26.7 Å². The van der Waals surface area contributed by atoms with Gasteiger partial charge in [0.15, 0.2) is 0 Å². The second kappa shape index (κ2) is 2.88. The summed E-state index contributed by atoms with van der Waals surface area (Å²) in [5.74, 6) is 0. The molecule has 1 unspecified atom stereocenters. The summed E-state index contributed by atoms with van der Waals surface area (Å²) in [7, 11) is 0. The minimum Gasteiger partial charge on any atom is -0.386 e. The van der Waals surface area contributed by atoms with Crippen molar-refractivity contribution < 1.29 is 5.11 Å². The maximum Gasteiger partial charge on any atom is 0.0802 e. The van der Waals surface area contributed by atoms with Gasteiger partial charge in [-0.05, 0) is 13.3 Å². The summed E-state index contributed by atoms with van der Waals surface area (Å²) in [5, 5.41) is 9.14. The Hall–Kier alpha value is -0.300. The molecule has 0 saturated heterocycles. The summed E-state index contributed by atoms with van der Waals surface area (Å²) < 4.78 is 0. The van der Waals surface area contributed by atoms with Crippen LogP contribution >= 0.6 is 0 Å². The average molecular weight is 113 g/mol. The summed E-state index contributed by atoms with van der Waals surface area (Å²) in [6.45, 7) is 8.83. The lowest BCUT2D eigenvalue weighted by atomic mass is 10.0. The first-order valence-electron chi connectivity index (χ1n) is 2.91. The standard InChI is InChI=1S/C7H13O/c1-4-6-7(3,8)5-2/h2,5,8H,4,6H2,1,3H3. The maximum absolute atomic E-state index is 9.14. The fraction of sp³-hybridized carbons (Fsp3) is 0.714. The van der Waals surface area contributed by atoms with Gasteiger partial charge in [-0.25, -0.2) is 0 Å². The monoisotopic (exact) mass is 113 g/mol. The molecule has 1 heteroatoms. The molecule has 0 aliphatic heterocycles. The molecule has 0 fully saturated rings. The predicted molar refractivity (Wildman–Crippen MR) is 34.4 cm³/mol. The van der Waals surface area contributed by atoms with E-state index in [9.17, 15) is 0 Å². The van der Waals surface area contributed by atoms with Crippen LogP contribution in [0.4, 0.5) is 0 Å². The van der Waals surface area contributed by atoms with Gasteiger partial charge in [0.25, 0.3) is 0 Å². The van der Waals surface area contributed by atoms with E-state index in [0.717, 1.165) is 12.8 Å². The first-order chi connectivity index (χ1) is 3.62. The van der Waals surface area contributed by atoms with E-state index in [1.54, 1.807) is 6.92 Å². The van der Waals surface area contributed by atoms with Crippen LogP contribution in [-0.4, -0.2) is 10.7 Å². The molecule has 1 radical (unpaired) electrons. The molecule has 0 heterocycles. The molecule has 0 aromatic carbocycles. The molecule has 0 aliphatic carbocycles. The third-order valence-corrected chi connectivity index (χ3v) is 1.12. The predicted octanol–water partition coefficient (Wildman–Crippen LogP) is 1.53. The number of aliphatic hydroxyl groups is 1. The normalized spacial score (nSPS) is 17.4. The van der Waals surface area contributed by atoms with Crippen molar-refractivity contribution in [1.29, 1.82) is 0 Å². The van der Waals surface area contributed by atoms with Crippen molar-refractivity contribution in [2.45, 2.75) is 32.3 Å². The molecule has 0 bridgehead atoms. The van der Waals surface area contributed by atoms with E-state index in [4.69, 9.17) is 11.7 Å². The van der Waals surface area contributed by atoms with Crippen LogP contribution in [0, 0.1) is 6.58 Å². The quantitative estimate of drug-likeness (QED) is 0.588. The Kier molecular flexibility index (Phi) is 2.77. The van der Waals surface area contributed by atoms with Crippen LogP contribution < -0.4 is 0 Å². The average Bonchev–Trinajstić information content (AvgIpc) is 1.67. The van der Waals surface area contributed by atoms with Gasteiger partial charge in [0.2, 0.25) is 0 Å². The van der Waals surface area contributed by atoms with Gasteiger partial charge >= 0.3 is 0 Å². The highest BCUT2D eigenvalue weighted by Crippen LogP contribution is 2.11. The van der Waals surface area contributed by atoms with Gasteiger partial charge < -0.3 is 5.11 Å². The summed E-state index contributed by atoms with van der Waals surface area (Å²) in [6, 6.07) is 0. The second-order valence-corrected chi connectivity index (χ2v) is 2.27. The molecule has 1 N–H and O–H groups in total. The van der Waals surface area contributed by atoms with Crippen molar-refractivity contribution >= 4 is 0 Å². The minimum absolute atomic E-state index is 0.740. The number of hydrogen-bond acceptors (Lipinski definition) is 1. The van der Waals surface area contributed by atoms with Gasteiger partial charge in [-0.2, -0.15) is 0 Å². The van der Waals surface area contributed by atoms with Gasteiger partial charge in [-0.15, -0.1) is 0 Å². The summed E-state index contributed by atoms with van der Waals surface area (Å²) in [5.41, 5.74) is -0.755. The lowest BCUT2D eigenvalue weighted by Crippen LogP contribution is -2.19. The Morgan fingerprint density at radius 2 is 2.25 bits per heavy atom. The van der Waals surface area contributed by atoms with E-state index in [-0.39, 0.29) is 0 Å². The zero-order valence-electron chi connectivity index (χ0n) is 5.52. The molecule has 47 valence electrons. The topological polar surface area (TPSA) is 20.2 Å². The fourth-order valence-electron chi connectivity index (χ4n) is 0.589. The SMILES string of the molecule is [CH]=CC(C)(O)CCC. The van der Waals surface area contributed by atoms with E-state index in [2.05, 4.69) is 0 Å². The molecule has 0 aliphatic rings. The highest BCUT2D eigenvalue weighted by atomic mass is 16.3. The van der Waals surface area contributed by atoms with Crippen molar-refractivity contribution in [2.24, 2.45) is 0 Å². The van der Waals surface area contributed by atoms with Crippen molar-refractivity contribution in [3.63, 3.8) is 0 Å². The molecular formula is C7H13O. The van der Waals surface area contributed by atoms with Gasteiger partial charge in [0, 0.05) is 0 Å². The van der Waals surface area contributed by atoms with E-state index in [1.807, 2.05) is 6.92 Å². The van der Waals surface area contributed by atoms with E-state index in [1.165, 1.54) is 6.08 Å². The van der Waals surface area contributed by atoms with Crippen molar-refractivity contribution in [3.8, 4) is 0 Å². The molecule has 1 nitrogen and oxygen atoms in total. The van der Waals surface area contributed by atoms with Gasteiger partial charge in [0.05, 0.1) is 5.60 Å². The largest absolute Gasteiger partial charge is 0.386 e. The number of rotatable bonds is 3. The Balaban J connectivity index is 3.53. The molecule has 0 aromatic heterocycles. The van der Waals surface area contributed by atoms with Crippen molar-refractivity contribution in [3.05, 3.63) is 12.7 Å². The van der Waals surface area contributed by atoms with Crippen molar-refractivity contribution in [2.75, 3.05) is 0 Å². The minimum atomic E-state index is -0.755. The molecular weight excluding hydrogens is 100 g/mol.